The molecule has 0 spiro atoms. The molecule has 8 heteroatoms. The Hall–Kier alpha value is -1.28. The maximum atomic E-state index is 11.0. The summed E-state index contributed by atoms with van der Waals surface area (Å²) in [6.45, 7) is 0. The molecule has 1 rings (SSSR count). The zero-order chi connectivity index (χ0) is 14.5. The minimum atomic E-state index is -2.96. The van der Waals surface area contributed by atoms with E-state index in [1.54, 1.807) is 13.1 Å². The molecule has 0 atom stereocenters. The fourth-order valence-electron chi connectivity index (χ4n) is 1.45. The van der Waals surface area contributed by atoms with Crippen molar-refractivity contribution in [3.63, 3.8) is 0 Å². The Balaban J connectivity index is 2.70. The minimum Gasteiger partial charge on any atom is -0.388 e. The third-order valence-corrected chi connectivity index (χ3v) is 4.64. The summed E-state index contributed by atoms with van der Waals surface area (Å²) in [5.74, 6) is 1.12. The van der Waals surface area contributed by atoms with Crippen molar-refractivity contribution in [2.75, 3.05) is 30.1 Å². The number of non-ortho nitro benzene ring substituents is 1. The molecule has 0 fully saturated rings. The van der Waals surface area contributed by atoms with Crippen molar-refractivity contribution in [3.8, 4) is 0 Å². The first-order chi connectivity index (χ1) is 8.83. The zero-order valence-corrected chi connectivity index (χ0v) is 12.4. The molecule has 1 N–H and O–H groups in total. The summed E-state index contributed by atoms with van der Waals surface area (Å²) >= 11 is 1.44. The van der Waals surface area contributed by atoms with Crippen LogP contribution in [-0.4, -0.2) is 38.2 Å². The Labute approximate surface area is 116 Å². The largest absolute Gasteiger partial charge is 0.388 e. The summed E-state index contributed by atoms with van der Waals surface area (Å²) in [4.78, 5) is 10.3. The highest BCUT2D eigenvalue weighted by Gasteiger charge is 2.10. The lowest BCUT2D eigenvalue weighted by Crippen LogP contribution is -2.05. The number of hydrogen-bond acceptors (Lipinski definition) is 6. The van der Waals surface area contributed by atoms with Gasteiger partial charge in [0.05, 0.1) is 10.7 Å². The second kappa shape index (κ2) is 6.76. The average molecular weight is 304 g/mol. The van der Waals surface area contributed by atoms with Gasteiger partial charge in [0, 0.05) is 42.6 Å². The van der Waals surface area contributed by atoms with E-state index >= 15 is 0 Å². The Morgan fingerprint density at radius 1 is 1.42 bits per heavy atom. The van der Waals surface area contributed by atoms with Gasteiger partial charge in [0.1, 0.15) is 9.84 Å². The summed E-state index contributed by atoms with van der Waals surface area (Å²) in [6.07, 6.45) is 1.19. The topological polar surface area (TPSA) is 89.3 Å². The fraction of sp³-hybridized carbons (Fsp3) is 0.455. The van der Waals surface area contributed by atoms with Gasteiger partial charge in [-0.1, -0.05) is 0 Å². The number of anilines is 1. The average Bonchev–Trinajstić information content (AvgIpc) is 2.33. The van der Waals surface area contributed by atoms with E-state index in [1.165, 1.54) is 30.2 Å². The van der Waals surface area contributed by atoms with Crippen molar-refractivity contribution in [1.29, 1.82) is 0 Å². The second-order valence-electron chi connectivity index (χ2n) is 4.03. The van der Waals surface area contributed by atoms with Crippen LogP contribution in [0.15, 0.2) is 18.2 Å². The predicted molar refractivity (Wildman–Crippen MR) is 78.5 cm³/mol. The van der Waals surface area contributed by atoms with Gasteiger partial charge in [-0.2, -0.15) is 11.8 Å². The van der Waals surface area contributed by atoms with Crippen LogP contribution >= 0.6 is 11.8 Å². The molecule has 0 aliphatic heterocycles. The molecule has 106 valence electrons. The van der Waals surface area contributed by atoms with Crippen LogP contribution in [-0.2, 0) is 15.6 Å². The van der Waals surface area contributed by atoms with Crippen molar-refractivity contribution >= 4 is 33.0 Å². The second-order valence-corrected chi connectivity index (χ2v) is 7.40. The molecular formula is C11H16N2O4S2. The summed E-state index contributed by atoms with van der Waals surface area (Å²) in [5, 5.41) is 13.7. The first-order valence-electron chi connectivity index (χ1n) is 5.54. The van der Waals surface area contributed by atoms with E-state index in [2.05, 4.69) is 5.32 Å². The molecule has 0 saturated heterocycles. The van der Waals surface area contributed by atoms with E-state index in [1.807, 2.05) is 0 Å². The molecule has 0 unspecified atom stereocenters. The highest BCUT2D eigenvalue weighted by Crippen LogP contribution is 2.25. The van der Waals surface area contributed by atoms with E-state index < -0.39 is 14.8 Å². The normalized spacial score (nSPS) is 11.3. The van der Waals surface area contributed by atoms with Gasteiger partial charge in [-0.05, 0) is 11.6 Å². The number of sulfone groups is 1. The number of benzene rings is 1. The van der Waals surface area contributed by atoms with Crippen molar-refractivity contribution in [2.24, 2.45) is 0 Å². The number of rotatable bonds is 7. The maximum absolute atomic E-state index is 11.0. The number of nitrogens with one attached hydrogen (secondary N) is 1. The number of nitro groups is 1. The summed E-state index contributed by atoms with van der Waals surface area (Å²) in [6, 6.07) is 4.61. The molecule has 0 bridgehead atoms. The maximum Gasteiger partial charge on any atom is 0.269 e. The van der Waals surface area contributed by atoms with Crippen molar-refractivity contribution in [1.82, 2.24) is 0 Å². The molecule has 0 heterocycles. The van der Waals surface area contributed by atoms with Gasteiger partial charge in [0.15, 0.2) is 0 Å². The van der Waals surface area contributed by atoms with Crippen LogP contribution in [0, 0.1) is 10.1 Å². The van der Waals surface area contributed by atoms with Gasteiger partial charge >= 0.3 is 0 Å². The molecule has 0 radical (unpaired) electrons. The van der Waals surface area contributed by atoms with Gasteiger partial charge in [-0.3, -0.25) is 10.1 Å². The van der Waals surface area contributed by atoms with Gasteiger partial charge in [-0.15, -0.1) is 0 Å². The third kappa shape index (κ3) is 5.48. The lowest BCUT2D eigenvalue weighted by molar-refractivity contribution is -0.384. The van der Waals surface area contributed by atoms with Crippen LogP contribution in [0.25, 0.3) is 0 Å². The lowest BCUT2D eigenvalue weighted by atomic mass is 10.2. The summed E-state index contributed by atoms with van der Waals surface area (Å²) < 4.78 is 22.0. The van der Waals surface area contributed by atoms with Crippen molar-refractivity contribution in [3.05, 3.63) is 33.9 Å². The summed E-state index contributed by atoms with van der Waals surface area (Å²) in [5.41, 5.74) is 1.66. The van der Waals surface area contributed by atoms with Gasteiger partial charge in [0.25, 0.3) is 5.69 Å². The van der Waals surface area contributed by atoms with Crippen LogP contribution in [0.3, 0.4) is 0 Å². The molecule has 6 nitrogen and oxygen atoms in total. The monoisotopic (exact) mass is 304 g/mol. The molecular weight excluding hydrogens is 288 g/mol. The number of nitrogens with zero attached hydrogens (tertiary/aromatic N) is 1. The zero-order valence-electron chi connectivity index (χ0n) is 10.8. The first-order valence-corrected chi connectivity index (χ1v) is 8.75. The molecule has 1 aromatic carbocycles. The SMILES string of the molecule is CNc1ccc([N+](=O)[O-])cc1CSCCS(C)(=O)=O. The van der Waals surface area contributed by atoms with E-state index in [0.717, 1.165) is 11.3 Å². The molecule has 0 saturated carbocycles. The molecule has 0 aromatic heterocycles. The predicted octanol–water partition coefficient (Wildman–Crippen LogP) is 1.91. The number of nitro benzene ring substituents is 1. The van der Waals surface area contributed by atoms with Crippen LogP contribution in [0.5, 0.6) is 0 Å². The fourth-order valence-corrected chi connectivity index (χ4v) is 3.73. The van der Waals surface area contributed by atoms with Gasteiger partial charge in [0.2, 0.25) is 0 Å². The quantitative estimate of drug-likeness (QED) is 0.470. The standard InChI is InChI=1S/C11H16N2O4S2/c1-12-11-4-3-10(13(14)15)7-9(11)8-18-5-6-19(2,16)17/h3-4,7,12H,5-6,8H2,1-2H3. The van der Waals surface area contributed by atoms with E-state index in [9.17, 15) is 18.5 Å². The minimum absolute atomic E-state index is 0.0395. The first kappa shape index (κ1) is 15.8. The van der Waals surface area contributed by atoms with Crippen LogP contribution in [0.4, 0.5) is 11.4 Å². The summed E-state index contributed by atoms with van der Waals surface area (Å²) in [7, 11) is -1.22. The highest BCUT2D eigenvalue weighted by molar-refractivity contribution is 7.99. The molecule has 0 aliphatic rings. The molecule has 1 aromatic rings. The van der Waals surface area contributed by atoms with Gasteiger partial charge in [-0.25, -0.2) is 8.42 Å². The van der Waals surface area contributed by atoms with Gasteiger partial charge < -0.3 is 5.32 Å². The molecule has 19 heavy (non-hydrogen) atoms. The van der Waals surface area contributed by atoms with E-state index in [0.29, 0.717) is 11.5 Å². The molecule has 0 aliphatic carbocycles. The smallest absolute Gasteiger partial charge is 0.269 e. The highest BCUT2D eigenvalue weighted by atomic mass is 32.2. The Morgan fingerprint density at radius 2 is 2.11 bits per heavy atom. The van der Waals surface area contributed by atoms with Crippen LogP contribution in [0.2, 0.25) is 0 Å². The van der Waals surface area contributed by atoms with Crippen LogP contribution in [0.1, 0.15) is 5.56 Å². The molecule has 0 amide bonds. The van der Waals surface area contributed by atoms with Crippen molar-refractivity contribution in [2.45, 2.75) is 5.75 Å². The Kier molecular flexibility index (Phi) is 5.61. The Morgan fingerprint density at radius 3 is 2.63 bits per heavy atom. The lowest BCUT2D eigenvalue weighted by Gasteiger charge is -2.08. The van der Waals surface area contributed by atoms with Crippen LogP contribution < -0.4 is 5.32 Å². The Bertz CT molecular complexity index is 558. The number of hydrogen-bond donors (Lipinski definition) is 1. The van der Waals surface area contributed by atoms with E-state index in [4.69, 9.17) is 0 Å². The van der Waals surface area contributed by atoms with Crippen molar-refractivity contribution < 1.29 is 13.3 Å². The van der Waals surface area contributed by atoms with E-state index in [-0.39, 0.29) is 11.4 Å². The number of thioether (sulfide) groups is 1. The third-order valence-electron chi connectivity index (χ3n) is 2.43.